The maximum absolute atomic E-state index is 3.53. The van der Waals surface area contributed by atoms with Gasteiger partial charge in [0.25, 0.3) is 0 Å². The monoisotopic (exact) mass is 262 g/mol. The average Bonchev–Trinajstić information content (AvgIpc) is 2.31. The van der Waals surface area contributed by atoms with Crippen molar-refractivity contribution in [2.24, 2.45) is 5.41 Å². The molecule has 108 valence electrons. The summed E-state index contributed by atoms with van der Waals surface area (Å²) in [5.74, 6) is 0. The highest BCUT2D eigenvalue weighted by Gasteiger charge is 2.19. The number of hydrogen-bond acceptors (Lipinski definition) is 2. The Morgan fingerprint density at radius 3 is 2.37 bits per heavy atom. The molecule has 0 aliphatic heterocycles. The standard InChI is InChI=1S/C17H30N2/c1-6-11-18-13-17(3,4)14-19(5)12-16-9-7-15(2)8-10-16/h7-10,18H,6,11-14H2,1-5H3. The molecule has 0 heterocycles. The molecule has 0 saturated carbocycles. The van der Waals surface area contributed by atoms with E-state index in [1.807, 2.05) is 0 Å². The van der Waals surface area contributed by atoms with Gasteiger partial charge >= 0.3 is 0 Å². The Hall–Kier alpha value is -0.860. The van der Waals surface area contributed by atoms with Crippen LogP contribution in [0, 0.1) is 12.3 Å². The van der Waals surface area contributed by atoms with E-state index in [-0.39, 0.29) is 0 Å². The molecule has 19 heavy (non-hydrogen) atoms. The van der Waals surface area contributed by atoms with Gasteiger partial charge in [0.2, 0.25) is 0 Å². The highest BCUT2D eigenvalue weighted by atomic mass is 15.1. The van der Waals surface area contributed by atoms with Crippen LogP contribution in [0.15, 0.2) is 24.3 Å². The molecule has 2 heteroatoms. The van der Waals surface area contributed by atoms with Crippen molar-refractivity contribution in [1.82, 2.24) is 10.2 Å². The van der Waals surface area contributed by atoms with Gasteiger partial charge in [0.1, 0.15) is 0 Å². The zero-order valence-electron chi connectivity index (χ0n) is 13.3. The minimum atomic E-state index is 0.314. The Bertz CT molecular complexity index is 354. The smallest absolute Gasteiger partial charge is 0.0230 e. The molecule has 0 aromatic heterocycles. The summed E-state index contributed by atoms with van der Waals surface area (Å²) in [4.78, 5) is 2.41. The fourth-order valence-corrected chi connectivity index (χ4v) is 2.45. The number of rotatable bonds is 8. The van der Waals surface area contributed by atoms with Gasteiger partial charge in [0, 0.05) is 19.6 Å². The van der Waals surface area contributed by atoms with Crippen LogP contribution < -0.4 is 5.32 Å². The lowest BCUT2D eigenvalue weighted by Gasteiger charge is -2.30. The topological polar surface area (TPSA) is 15.3 Å². The number of aryl methyl sites for hydroxylation is 1. The van der Waals surface area contributed by atoms with Gasteiger partial charge in [-0.25, -0.2) is 0 Å². The first-order chi connectivity index (χ1) is 8.93. The van der Waals surface area contributed by atoms with Gasteiger partial charge in [-0.1, -0.05) is 50.6 Å². The lowest BCUT2D eigenvalue weighted by atomic mass is 9.92. The first kappa shape index (κ1) is 16.2. The molecular formula is C17H30N2. The maximum atomic E-state index is 3.53. The van der Waals surface area contributed by atoms with Crippen molar-refractivity contribution < 1.29 is 0 Å². The fourth-order valence-electron chi connectivity index (χ4n) is 2.45. The third-order valence-corrected chi connectivity index (χ3v) is 3.30. The van der Waals surface area contributed by atoms with Crippen molar-refractivity contribution in [2.45, 2.75) is 40.7 Å². The van der Waals surface area contributed by atoms with Gasteiger partial charge in [-0.2, -0.15) is 0 Å². The van der Waals surface area contributed by atoms with Gasteiger partial charge in [-0.05, 0) is 37.9 Å². The van der Waals surface area contributed by atoms with Crippen LogP contribution in [0.25, 0.3) is 0 Å². The molecule has 0 atom stereocenters. The van der Waals surface area contributed by atoms with Crippen molar-refractivity contribution in [3.05, 3.63) is 35.4 Å². The molecule has 0 amide bonds. The molecule has 1 rings (SSSR count). The van der Waals surface area contributed by atoms with E-state index in [9.17, 15) is 0 Å². The van der Waals surface area contributed by atoms with Crippen LogP contribution in [0.1, 0.15) is 38.3 Å². The van der Waals surface area contributed by atoms with Crippen molar-refractivity contribution in [2.75, 3.05) is 26.7 Å². The molecule has 1 aromatic carbocycles. The summed E-state index contributed by atoms with van der Waals surface area (Å²) < 4.78 is 0. The predicted molar refractivity (Wildman–Crippen MR) is 84.5 cm³/mol. The molecule has 0 spiro atoms. The molecule has 0 bridgehead atoms. The van der Waals surface area contributed by atoms with Crippen molar-refractivity contribution in [3.63, 3.8) is 0 Å². The van der Waals surface area contributed by atoms with Crippen LogP contribution in [0.2, 0.25) is 0 Å². The van der Waals surface area contributed by atoms with Crippen molar-refractivity contribution in [1.29, 1.82) is 0 Å². The summed E-state index contributed by atoms with van der Waals surface area (Å²) in [5.41, 5.74) is 3.04. The Balaban J connectivity index is 2.40. The molecule has 0 aliphatic carbocycles. The van der Waals surface area contributed by atoms with Crippen LogP contribution in [0.5, 0.6) is 0 Å². The van der Waals surface area contributed by atoms with E-state index >= 15 is 0 Å². The molecular weight excluding hydrogens is 232 g/mol. The summed E-state index contributed by atoms with van der Waals surface area (Å²) in [6.07, 6.45) is 1.20. The van der Waals surface area contributed by atoms with E-state index in [2.05, 4.69) is 69.2 Å². The second kappa shape index (κ2) is 7.66. The van der Waals surface area contributed by atoms with Crippen LogP contribution in [-0.2, 0) is 6.54 Å². The predicted octanol–water partition coefficient (Wildman–Crippen LogP) is 3.45. The minimum Gasteiger partial charge on any atom is -0.316 e. The average molecular weight is 262 g/mol. The Morgan fingerprint density at radius 2 is 1.79 bits per heavy atom. The van der Waals surface area contributed by atoms with Gasteiger partial charge < -0.3 is 10.2 Å². The third kappa shape index (κ3) is 6.74. The molecule has 1 aromatic rings. The van der Waals surface area contributed by atoms with Crippen LogP contribution in [-0.4, -0.2) is 31.6 Å². The van der Waals surface area contributed by atoms with Crippen molar-refractivity contribution in [3.8, 4) is 0 Å². The van der Waals surface area contributed by atoms with Crippen molar-refractivity contribution >= 4 is 0 Å². The summed E-state index contributed by atoms with van der Waals surface area (Å²) in [6, 6.07) is 8.84. The number of nitrogens with zero attached hydrogens (tertiary/aromatic N) is 1. The van der Waals surface area contributed by atoms with E-state index in [1.54, 1.807) is 0 Å². The summed E-state index contributed by atoms with van der Waals surface area (Å²) >= 11 is 0. The minimum absolute atomic E-state index is 0.314. The highest BCUT2D eigenvalue weighted by Crippen LogP contribution is 2.16. The summed E-state index contributed by atoms with van der Waals surface area (Å²) in [7, 11) is 2.21. The van der Waals surface area contributed by atoms with E-state index in [0.717, 1.165) is 26.2 Å². The first-order valence-corrected chi connectivity index (χ1v) is 7.38. The molecule has 2 nitrogen and oxygen atoms in total. The lowest BCUT2D eigenvalue weighted by Crippen LogP contribution is -2.39. The number of hydrogen-bond donors (Lipinski definition) is 1. The first-order valence-electron chi connectivity index (χ1n) is 7.38. The molecule has 0 fully saturated rings. The largest absolute Gasteiger partial charge is 0.316 e. The Kier molecular flexibility index (Phi) is 6.53. The normalized spacial score (nSPS) is 12.1. The molecule has 1 N–H and O–H groups in total. The lowest BCUT2D eigenvalue weighted by molar-refractivity contribution is 0.199. The second-order valence-corrected chi connectivity index (χ2v) is 6.50. The van der Waals surface area contributed by atoms with Gasteiger partial charge in [-0.15, -0.1) is 0 Å². The van der Waals surface area contributed by atoms with E-state index in [1.165, 1.54) is 17.5 Å². The number of nitrogens with one attached hydrogen (secondary N) is 1. The van der Waals surface area contributed by atoms with Gasteiger partial charge in [-0.3, -0.25) is 0 Å². The molecule has 0 aliphatic rings. The van der Waals surface area contributed by atoms with E-state index in [0.29, 0.717) is 5.41 Å². The zero-order valence-corrected chi connectivity index (χ0v) is 13.3. The van der Waals surface area contributed by atoms with Crippen LogP contribution in [0.4, 0.5) is 0 Å². The quantitative estimate of drug-likeness (QED) is 0.722. The SMILES string of the molecule is CCCNCC(C)(C)CN(C)Cc1ccc(C)cc1. The summed E-state index contributed by atoms with van der Waals surface area (Å²) in [5, 5.41) is 3.53. The maximum Gasteiger partial charge on any atom is 0.0230 e. The van der Waals surface area contributed by atoms with E-state index in [4.69, 9.17) is 0 Å². The molecule has 0 unspecified atom stereocenters. The highest BCUT2D eigenvalue weighted by molar-refractivity contribution is 5.21. The fraction of sp³-hybridized carbons (Fsp3) is 0.647. The molecule has 0 saturated heterocycles. The Morgan fingerprint density at radius 1 is 1.16 bits per heavy atom. The third-order valence-electron chi connectivity index (χ3n) is 3.30. The molecule has 0 radical (unpaired) electrons. The zero-order chi connectivity index (χ0) is 14.3. The number of benzene rings is 1. The van der Waals surface area contributed by atoms with Gasteiger partial charge in [0.05, 0.1) is 0 Å². The van der Waals surface area contributed by atoms with E-state index < -0.39 is 0 Å². The van der Waals surface area contributed by atoms with Crippen LogP contribution in [0.3, 0.4) is 0 Å². The Labute approximate surface area is 119 Å². The van der Waals surface area contributed by atoms with Gasteiger partial charge in [0.15, 0.2) is 0 Å². The van der Waals surface area contributed by atoms with Crippen LogP contribution >= 0.6 is 0 Å². The second-order valence-electron chi connectivity index (χ2n) is 6.50. The summed E-state index contributed by atoms with van der Waals surface area (Å²) in [6.45, 7) is 13.3.